The molecule has 0 atom stereocenters. The first kappa shape index (κ1) is 15.8. The summed E-state index contributed by atoms with van der Waals surface area (Å²) in [5, 5.41) is 0.888. The zero-order chi connectivity index (χ0) is 15.9. The summed E-state index contributed by atoms with van der Waals surface area (Å²) >= 11 is 1.65. The van der Waals surface area contributed by atoms with Crippen molar-refractivity contribution in [3.8, 4) is 0 Å². The highest BCUT2D eigenvalue weighted by Gasteiger charge is 2.19. The standard InChI is InChI=1S/C15H21N3O2S/c1-8(2)10-7-16-13-11(12(10)21-9(3)4)14(19)18(6)15(20)17(13)5/h7-9H,1-6H3. The van der Waals surface area contributed by atoms with Gasteiger partial charge in [-0.1, -0.05) is 27.7 Å². The van der Waals surface area contributed by atoms with Crippen molar-refractivity contribution in [1.82, 2.24) is 14.1 Å². The Bertz CT molecular complexity index is 803. The van der Waals surface area contributed by atoms with Crippen molar-refractivity contribution in [1.29, 1.82) is 0 Å². The third-order valence-corrected chi connectivity index (χ3v) is 4.57. The summed E-state index contributed by atoms with van der Waals surface area (Å²) in [4.78, 5) is 29.9. The molecule has 2 rings (SSSR count). The Labute approximate surface area is 128 Å². The van der Waals surface area contributed by atoms with Gasteiger partial charge in [-0.2, -0.15) is 0 Å². The van der Waals surface area contributed by atoms with Gasteiger partial charge in [-0.05, 0) is 11.5 Å². The third kappa shape index (κ3) is 2.64. The second-order valence-corrected chi connectivity index (χ2v) is 7.36. The van der Waals surface area contributed by atoms with Gasteiger partial charge in [0.2, 0.25) is 0 Å². The minimum Gasteiger partial charge on any atom is -0.280 e. The molecule has 0 aliphatic rings. The molecule has 0 unspecified atom stereocenters. The lowest BCUT2D eigenvalue weighted by Gasteiger charge is -2.17. The number of aromatic nitrogens is 3. The molecule has 5 nitrogen and oxygen atoms in total. The highest BCUT2D eigenvalue weighted by molar-refractivity contribution is 8.00. The van der Waals surface area contributed by atoms with Crippen molar-refractivity contribution in [2.45, 2.75) is 43.8 Å². The van der Waals surface area contributed by atoms with Crippen molar-refractivity contribution < 1.29 is 0 Å². The molecule has 6 heteroatoms. The van der Waals surface area contributed by atoms with Crippen LogP contribution in [0.5, 0.6) is 0 Å². The highest BCUT2D eigenvalue weighted by atomic mass is 32.2. The maximum atomic E-state index is 12.6. The molecule has 0 fully saturated rings. The molecule has 0 aliphatic heterocycles. The van der Waals surface area contributed by atoms with Crippen LogP contribution in [-0.4, -0.2) is 19.4 Å². The van der Waals surface area contributed by atoms with E-state index in [0.29, 0.717) is 16.3 Å². The number of hydrogen-bond acceptors (Lipinski definition) is 4. The van der Waals surface area contributed by atoms with Gasteiger partial charge < -0.3 is 0 Å². The van der Waals surface area contributed by atoms with Crippen molar-refractivity contribution in [3.63, 3.8) is 0 Å². The van der Waals surface area contributed by atoms with E-state index in [4.69, 9.17) is 0 Å². The summed E-state index contributed by atoms with van der Waals surface area (Å²) < 4.78 is 2.59. The van der Waals surface area contributed by atoms with E-state index in [2.05, 4.69) is 32.7 Å². The van der Waals surface area contributed by atoms with Crippen molar-refractivity contribution in [2.75, 3.05) is 0 Å². The zero-order valence-corrected chi connectivity index (χ0v) is 14.1. The Morgan fingerprint density at radius 3 is 2.24 bits per heavy atom. The highest BCUT2D eigenvalue weighted by Crippen LogP contribution is 2.34. The van der Waals surface area contributed by atoms with E-state index in [1.807, 2.05) is 0 Å². The first-order valence-corrected chi connectivity index (χ1v) is 7.89. The van der Waals surface area contributed by atoms with Crippen molar-refractivity contribution in [3.05, 3.63) is 32.6 Å². The van der Waals surface area contributed by atoms with Gasteiger partial charge >= 0.3 is 5.69 Å². The van der Waals surface area contributed by atoms with Crippen LogP contribution in [0, 0.1) is 0 Å². The second-order valence-electron chi connectivity index (χ2n) is 5.77. The summed E-state index contributed by atoms with van der Waals surface area (Å²) in [6, 6.07) is 0. The summed E-state index contributed by atoms with van der Waals surface area (Å²) in [5.74, 6) is 0.269. The van der Waals surface area contributed by atoms with E-state index in [1.165, 1.54) is 11.6 Å². The van der Waals surface area contributed by atoms with E-state index in [1.54, 1.807) is 25.0 Å². The number of nitrogens with zero attached hydrogens (tertiary/aromatic N) is 3. The smallest absolute Gasteiger partial charge is 0.280 e. The van der Waals surface area contributed by atoms with Gasteiger partial charge in [0.05, 0.1) is 5.39 Å². The quantitative estimate of drug-likeness (QED) is 0.816. The van der Waals surface area contributed by atoms with E-state index in [-0.39, 0.29) is 17.2 Å². The van der Waals surface area contributed by atoms with Gasteiger partial charge in [0, 0.05) is 30.4 Å². The third-order valence-electron chi connectivity index (χ3n) is 3.42. The molecule has 0 spiro atoms. The van der Waals surface area contributed by atoms with Gasteiger partial charge in [-0.3, -0.25) is 13.9 Å². The summed E-state index contributed by atoms with van der Waals surface area (Å²) in [7, 11) is 3.16. The topological polar surface area (TPSA) is 56.9 Å². The largest absolute Gasteiger partial charge is 0.332 e. The normalized spacial score (nSPS) is 11.8. The molecule has 0 amide bonds. The Balaban J connectivity index is 3.02. The fourth-order valence-electron chi connectivity index (χ4n) is 2.29. The maximum Gasteiger partial charge on any atom is 0.332 e. The molecule has 0 bridgehead atoms. The van der Waals surface area contributed by atoms with E-state index < -0.39 is 0 Å². The fourth-order valence-corrected chi connectivity index (χ4v) is 3.48. The lowest BCUT2D eigenvalue weighted by atomic mass is 10.0. The van der Waals surface area contributed by atoms with Gasteiger partial charge in [0.15, 0.2) is 0 Å². The Morgan fingerprint density at radius 1 is 1.10 bits per heavy atom. The summed E-state index contributed by atoms with van der Waals surface area (Å²) in [6.07, 6.45) is 1.79. The number of hydrogen-bond donors (Lipinski definition) is 0. The lowest BCUT2D eigenvalue weighted by Crippen LogP contribution is -2.37. The van der Waals surface area contributed by atoms with Gasteiger partial charge in [-0.15, -0.1) is 11.8 Å². The summed E-state index contributed by atoms with van der Waals surface area (Å²) in [5.41, 5.74) is 0.886. The number of fused-ring (bicyclic) bond motifs is 1. The van der Waals surface area contributed by atoms with Gasteiger partial charge in [0.1, 0.15) is 5.65 Å². The first-order valence-electron chi connectivity index (χ1n) is 7.01. The molecular weight excluding hydrogens is 286 g/mol. The molecule has 0 radical (unpaired) electrons. The lowest BCUT2D eigenvalue weighted by molar-refractivity contribution is 0.703. The van der Waals surface area contributed by atoms with Crippen LogP contribution in [0.1, 0.15) is 39.2 Å². The van der Waals surface area contributed by atoms with Crippen molar-refractivity contribution in [2.24, 2.45) is 14.1 Å². The molecule has 0 aliphatic carbocycles. The van der Waals surface area contributed by atoms with E-state index in [0.717, 1.165) is 15.0 Å². The minimum absolute atomic E-state index is 0.269. The number of pyridine rings is 1. The van der Waals surface area contributed by atoms with Gasteiger partial charge in [-0.25, -0.2) is 9.78 Å². The minimum atomic E-state index is -0.349. The van der Waals surface area contributed by atoms with Crippen molar-refractivity contribution >= 4 is 22.8 Å². The van der Waals surface area contributed by atoms with E-state index >= 15 is 0 Å². The molecule has 2 aromatic rings. The molecule has 114 valence electrons. The zero-order valence-electron chi connectivity index (χ0n) is 13.3. The average Bonchev–Trinajstić information content (AvgIpc) is 2.41. The molecule has 21 heavy (non-hydrogen) atoms. The molecular formula is C15H21N3O2S. The van der Waals surface area contributed by atoms with Crippen LogP contribution in [0.25, 0.3) is 11.0 Å². The summed E-state index contributed by atoms with van der Waals surface area (Å²) in [6.45, 7) is 8.35. The Morgan fingerprint density at radius 2 is 1.71 bits per heavy atom. The monoisotopic (exact) mass is 307 g/mol. The van der Waals surface area contributed by atoms with E-state index in [9.17, 15) is 9.59 Å². The predicted molar refractivity (Wildman–Crippen MR) is 87.3 cm³/mol. The van der Waals surface area contributed by atoms with Crippen LogP contribution in [0.15, 0.2) is 20.7 Å². The second kappa shape index (κ2) is 5.67. The number of aryl methyl sites for hydroxylation is 1. The van der Waals surface area contributed by atoms with Crippen LogP contribution >= 0.6 is 11.8 Å². The van der Waals surface area contributed by atoms with Crippen LogP contribution < -0.4 is 11.2 Å². The Kier molecular flexibility index (Phi) is 4.27. The van der Waals surface area contributed by atoms with Gasteiger partial charge in [0.25, 0.3) is 5.56 Å². The maximum absolute atomic E-state index is 12.6. The van der Waals surface area contributed by atoms with Crippen LogP contribution in [0.3, 0.4) is 0 Å². The number of rotatable bonds is 3. The van der Waals surface area contributed by atoms with Crippen LogP contribution in [0.4, 0.5) is 0 Å². The predicted octanol–water partition coefficient (Wildman–Crippen LogP) is 2.26. The Hall–Kier alpha value is -1.56. The molecule has 2 heterocycles. The van der Waals surface area contributed by atoms with Crippen LogP contribution in [-0.2, 0) is 14.1 Å². The molecule has 2 aromatic heterocycles. The van der Waals surface area contributed by atoms with Crippen LogP contribution in [0.2, 0.25) is 0 Å². The molecule has 0 saturated carbocycles. The molecule has 0 N–H and O–H groups in total. The average molecular weight is 307 g/mol. The SMILES string of the molecule is CC(C)Sc1c(C(C)C)cnc2c1c(=O)n(C)c(=O)n2C. The fraction of sp³-hybridized carbons (Fsp3) is 0.533. The first-order chi connectivity index (χ1) is 9.75. The molecule has 0 aromatic carbocycles. The number of thioether (sulfide) groups is 1. The molecule has 0 saturated heterocycles.